The SMILES string of the molecule is CCC(C)(C)C1CCc2nc(SCC(=O)N(C3CCCCC3)C3CC(=O)N(c4ccc(C)cc4)C3=O)c(C#N)cc2C1. The molecule has 2 fully saturated rings. The van der Waals surface area contributed by atoms with Gasteiger partial charge in [-0.25, -0.2) is 9.88 Å². The second-order valence-electron chi connectivity index (χ2n) is 12.8. The van der Waals surface area contributed by atoms with Crippen LogP contribution in [0, 0.1) is 29.6 Å². The van der Waals surface area contributed by atoms with Crippen LogP contribution in [0.1, 0.15) is 94.5 Å². The highest BCUT2D eigenvalue weighted by molar-refractivity contribution is 8.00. The van der Waals surface area contributed by atoms with Gasteiger partial charge >= 0.3 is 0 Å². The molecule has 0 radical (unpaired) electrons. The molecule has 3 amide bonds. The smallest absolute Gasteiger partial charge is 0.257 e. The van der Waals surface area contributed by atoms with Crippen molar-refractivity contribution in [3.63, 3.8) is 0 Å². The van der Waals surface area contributed by atoms with Crippen molar-refractivity contribution < 1.29 is 14.4 Å². The van der Waals surface area contributed by atoms with Gasteiger partial charge in [-0.2, -0.15) is 5.26 Å². The predicted octanol–water partition coefficient (Wildman–Crippen LogP) is 6.39. The Kier molecular flexibility index (Phi) is 9.08. The molecule has 0 bridgehead atoms. The number of anilines is 1. The Hall–Kier alpha value is -3.18. The summed E-state index contributed by atoms with van der Waals surface area (Å²) in [6, 6.07) is 10.7. The Morgan fingerprint density at radius 3 is 2.50 bits per heavy atom. The lowest BCUT2D eigenvalue weighted by Crippen LogP contribution is -2.52. The van der Waals surface area contributed by atoms with Crippen LogP contribution in [-0.4, -0.2) is 45.4 Å². The van der Waals surface area contributed by atoms with Crippen molar-refractivity contribution in [3.05, 3.63) is 52.7 Å². The highest BCUT2D eigenvalue weighted by Crippen LogP contribution is 2.40. The molecule has 3 aliphatic rings. The summed E-state index contributed by atoms with van der Waals surface area (Å²) in [5.41, 5.74) is 4.51. The number of rotatable bonds is 8. The fourth-order valence-corrected chi connectivity index (χ4v) is 7.63. The van der Waals surface area contributed by atoms with Crippen LogP contribution in [0.25, 0.3) is 0 Å². The summed E-state index contributed by atoms with van der Waals surface area (Å²) in [5.74, 6) is -0.148. The first-order valence-electron chi connectivity index (χ1n) is 15.4. The van der Waals surface area contributed by atoms with Crippen molar-refractivity contribution in [2.75, 3.05) is 10.7 Å². The maximum atomic E-state index is 13.9. The van der Waals surface area contributed by atoms with E-state index in [1.807, 2.05) is 25.1 Å². The summed E-state index contributed by atoms with van der Waals surface area (Å²) < 4.78 is 0. The molecule has 1 aromatic carbocycles. The highest BCUT2D eigenvalue weighted by atomic mass is 32.2. The largest absolute Gasteiger partial charge is 0.326 e. The van der Waals surface area contributed by atoms with Crippen LogP contribution in [0.2, 0.25) is 0 Å². The van der Waals surface area contributed by atoms with E-state index in [1.54, 1.807) is 17.0 Å². The normalized spacial score (nSPS) is 21.3. The number of benzene rings is 1. The molecule has 2 aliphatic carbocycles. The van der Waals surface area contributed by atoms with E-state index in [9.17, 15) is 19.6 Å². The number of hydrogen-bond donors (Lipinski definition) is 0. The molecule has 2 atom stereocenters. The number of imide groups is 1. The summed E-state index contributed by atoms with van der Waals surface area (Å²) in [4.78, 5) is 48.6. The molecule has 1 saturated heterocycles. The van der Waals surface area contributed by atoms with Crippen LogP contribution in [0.5, 0.6) is 0 Å². The van der Waals surface area contributed by atoms with Crippen molar-refractivity contribution in [1.82, 2.24) is 9.88 Å². The van der Waals surface area contributed by atoms with E-state index in [1.165, 1.54) is 16.7 Å². The van der Waals surface area contributed by atoms with Crippen molar-refractivity contribution in [3.8, 4) is 6.07 Å². The summed E-state index contributed by atoms with van der Waals surface area (Å²) in [6.07, 6.45) is 8.74. The topological polar surface area (TPSA) is 94.4 Å². The molecule has 0 spiro atoms. The minimum atomic E-state index is -0.805. The average Bonchev–Trinajstić information content (AvgIpc) is 3.29. The quantitative estimate of drug-likeness (QED) is 0.263. The van der Waals surface area contributed by atoms with Crippen LogP contribution in [-0.2, 0) is 27.2 Å². The van der Waals surface area contributed by atoms with Crippen LogP contribution >= 0.6 is 11.8 Å². The van der Waals surface area contributed by atoms with Gasteiger partial charge in [0, 0.05) is 11.7 Å². The molecule has 5 rings (SSSR count). The van der Waals surface area contributed by atoms with Gasteiger partial charge in [0.2, 0.25) is 11.8 Å². The third-order valence-corrected chi connectivity index (χ3v) is 10.8. The van der Waals surface area contributed by atoms with E-state index in [-0.39, 0.29) is 41.4 Å². The Balaban J connectivity index is 1.35. The number of thioether (sulfide) groups is 1. The first-order chi connectivity index (χ1) is 20.1. The van der Waals surface area contributed by atoms with E-state index in [2.05, 4.69) is 26.8 Å². The number of carbonyl (C=O) groups is 3. The molecular formula is C34H42N4O3S. The first-order valence-corrected chi connectivity index (χ1v) is 16.4. The van der Waals surface area contributed by atoms with Crippen molar-refractivity contribution >= 4 is 35.2 Å². The number of pyridine rings is 1. The van der Waals surface area contributed by atoms with Gasteiger partial charge in [0.05, 0.1) is 23.4 Å². The fourth-order valence-electron chi connectivity index (χ4n) is 6.79. The second kappa shape index (κ2) is 12.6. The fraction of sp³-hybridized carbons (Fsp3) is 0.559. The molecule has 2 heterocycles. The maximum Gasteiger partial charge on any atom is 0.257 e. The van der Waals surface area contributed by atoms with Crippen molar-refractivity contribution in [2.45, 2.75) is 109 Å². The standard InChI is InChI=1S/C34H42N4O3S/c1-5-34(3,4)25-13-16-28-23(18-25)17-24(20-35)32(36-28)42-21-31(40)37(26-9-7-6-8-10-26)29-19-30(39)38(33(29)41)27-14-11-22(2)12-15-27/h11-12,14-15,17,25-26,29H,5-10,13,16,18-19,21H2,1-4H3. The van der Waals surface area contributed by atoms with Gasteiger partial charge in [-0.05, 0) is 74.1 Å². The summed E-state index contributed by atoms with van der Waals surface area (Å²) >= 11 is 1.28. The third kappa shape index (κ3) is 6.13. The van der Waals surface area contributed by atoms with Gasteiger partial charge in [-0.1, -0.05) is 75.9 Å². The Morgan fingerprint density at radius 1 is 1.12 bits per heavy atom. The first kappa shape index (κ1) is 30.3. The van der Waals surface area contributed by atoms with Gasteiger partial charge in [0.25, 0.3) is 5.91 Å². The number of fused-ring (bicyclic) bond motifs is 1. The molecule has 1 aromatic heterocycles. The lowest BCUT2D eigenvalue weighted by atomic mass is 9.69. The molecule has 0 N–H and O–H groups in total. The molecule has 42 heavy (non-hydrogen) atoms. The van der Waals surface area contributed by atoms with Crippen LogP contribution < -0.4 is 4.90 Å². The summed E-state index contributed by atoms with van der Waals surface area (Å²) in [6.45, 7) is 8.83. The molecule has 2 aromatic rings. The number of hydrogen-bond acceptors (Lipinski definition) is 6. The number of amides is 3. The molecule has 2 unspecified atom stereocenters. The molecule has 1 saturated carbocycles. The lowest BCUT2D eigenvalue weighted by Gasteiger charge is -2.37. The number of aryl methyl sites for hydroxylation is 2. The van der Waals surface area contributed by atoms with E-state index >= 15 is 0 Å². The van der Waals surface area contributed by atoms with E-state index in [0.29, 0.717) is 22.2 Å². The number of carbonyl (C=O) groups excluding carboxylic acids is 3. The van der Waals surface area contributed by atoms with Gasteiger partial charge < -0.3 is 4.90 Å². The molecule has 1 aliphatic heterocycles. The van der Waals surface area contributed by atoms with Gasteiger partial charge in [0.15, 0.2) is 0 Å². The predicted molar refractivity (Wildman–Crippen MR) is 165 cm³/mol. The van der Waals surface area contributed by atoms with Crippen LogP contribution in [0.4, 0.5) is 5.69 Å². The van der Waals surface area contributed by atoms with Crippen LogP contribution in [0.15, 0.2) is 35.4 Å². The minimum absolute atomic E-state index is 0.00453. The van der Waals surface area contributed by atoms with Gasteiger partial charge in [-0.3, -0.25) is 14.4 Å². The van der Waals surface area contributed by atoms with Crippen molar-refractivity contribution in [1.29, 1.82) is 5.26 Å². The van der Waals surface area contributed by atoms with E-state index in [0.717, 1.165) is 74.6 Å². The molecule has 222 valence electrons. The molecule has 7 nitrogen and oxygen atoms in total. The lowest BCUT2D eigenvalue weighted by molar-refractivity contribution is -0.139. The average molecular weight is 587 g/mol. The molecular weight excluding hydrogens is 544 g/mol. The zero-order valence-corrected chi connectivity index (χ0v) is 26.1. The Bertz CT molecular complexity index is 1390. The van der Waals surface area contributed by atoms with Crippen LogP contribution in [0.3, 0.4) is 0 Å². The monoisotopic (exact) mass is 586 g/mol. The Morgan fingerprint density at radius 2 is 1.83 bits per heavy atom. The number of nitriles is 1. The number of nitrogens with zero attached hydrogens (tertiary/aromatic N) is 4. The zero-order valence-electron chi connectivity index (χ0n) is 25.3. The Labute approximate surface area is 254 Å². The minimum Gasteiger partial charge on any atom is -0.326 e. The number of aromatic nitrogens is 1. The van der Waals surface area contributed by atoms with Gasteiger partial charge in [0.1, 0.15) is 17.1 Å². The van der Waals surface area contributed by atoms with Crippen molar-refractivity contribution in [2.24, 2.45) is 11.3 Å². The zero-order chi connectivity index (χ0) is 30.0. The maximum absolute atomic E-state index is 13.9. The van der Waals surface area contributed by atoms with E-state index in [4.69, 9.17) is 4.98 Å². The third-order valence-electron chi connectivity index (χ3n) is 9.83. The summed E-state index contributed by atoms with van der Waals surface area (Å²) in [7, 11) is 0. The van der Waals surface area contributed by atoms with Gasteiger partial charge in [-0.15, -0.1) is 0 Å². The highest BCUT2D eigenvalue weighted by Gasteiger charge is 2.46. The second-order valence-corrected chi connectivity index (χ2v) is 13.8. The van der Waals surface area contributed by atoms with E-state index < -0.39 is 6.04 Å². The summed E-state index contributed by atoms with van der Waals surface area (Å²) in [5, 5.41) is 10.6. The molecule has 8 heteroatoms.